The highest BCUT2D eigenvalue weighted by molar-refractivity contribution is 7.92. The third kappa shape index (κ3) is 4.27. The Bertz CT molecular complexity index is 1430. The van der Waals surface area contributed by atoms with Crippen LogP contribution in [0.3, 0.4) is 0 Å². The lowest BCUT2D eigenvalue weighted by Crippen LogP contribution is -2.36. The SMILES string of the molecule is COc1ccc(-c2cnc3[nH]cc(N4CCOCC4)c3c2)nc1NS(=O)(=O)c1ccc(F)cc1. The Kier molecular flexibility index (Phi) is 5.80. The Morgan fingerprint density at radius 3 is 2.65 bits per heavy atom. The highest BCUT2D eigenvalue weighted by Crippen LogP contribution is 2.32. The Hall–Kier alpha value is -3.70. The van der Waals surface area contributed by atoms with Crippen LogP contribution in [0.2, 0.25) is 0 Å². The molecule has 34 heavy (non-hydrogen) atoms. The number of nitrogens with zero attached hydrogens (tertiary/aromatic N) is 3. The van der Waals surface area contributed by atoms with Gasteiger partial charge in [-0.1, -0.05) is 0 Å². The zero-order valence-corrected chi connectivity index (χ0v) is 19.1. The van der Waals surface area contributed by atoms with Crippen molar-refractivity contribution in [2.24, 2.45) is 0 Å². The maximum absolute atomic E-state index is 13.2. The van der Waals surface area contributed by atoms with E-state index in [2.05, 4.69) is 24.6 Å². The van der Waals surface area contributed by atoms with Crippen LogP contribution in [0.15, 0.2) is 59.8 Å². The zero-order valence-electron chi connectivity index (χ0n) is 18.3. The molecule has 4 aromatic rings. The average Bonchev–Trinajstić information content (AvgIpc) is 3.28. The molecule has 3 aromatic heterocycles. The van der Waals surface area contributed by atoms with E-state index in [9.17, 15) is 12.8 Å². The molecule has 1 fully saturated rings. The number of nitrogens with one attached hydrogen (secondary N) is 2. The number of hydrogen-bond donors (Lipinski definition) is 2. The number of benzene rings is 1. The van der Waals surface area contributed by atoms with Crippen molar-refractivity contribution in [1.82, 2.24) is 15.0 Å². The molecular formula is C23H22FN5O4S. The molecule has 0 unspecified atom stereocenters. The molecule has 9 nitrogen and oxygen atoms in total. The van der Waals surface area contributed by atoms with Crippen molar-refractivity contribution >= 4 is 32.6 Å². The second-order valence-corrected chi connectivity index (χ2v) is 9.38. The van der Waals surface area contributed by atoms with Crippen LogP contribution in [-0.2, 0) is 14.8 Å². The molecule has 0 saturated carbocycles. The van der Waals surface area contributed by atoms with E-state index >= 15 is 0 Å². The van der Waals surface area contributed by atoms with E-state index < -0.39 is 15.8 Å². The van der Waals surface area contributed by atoms with Crippen molar-refractivity contribution < 1.29 is 22.3 Å². The number of methoxy groups -OCH3 is 1. The number of morpholine rings is 1. The van der Waals surface area contributed by atoms with E-state index in [1.165, 1.54) is 19.2 Å². The summed E-state index contributed by atoms with van der Waals surface area (Å²) in [7, 11) is -2.58. The molecule has 0 radical (unpaired) electrons. The van der Waals surface area contributed by atoms with E-state index in [0.717, 1.165) is 41.9 Å². The van der Waals surface area contributed by atoms with Crippen molar-refractivity contribution in [3.63, 3.8) is 0 Å². The van der Waals surface area contributed by atoms with Crippen molar-refractivity contribution in [2.75, 3.05) is 43.0 Å². The third-order valence-electron chi connectivity index (χ3n) is 5.59. The largest absolute Gasteiger partial charge is 0.493 e. The summed E-state index contributed by atoms with van der Waals surface area (Å²) >= 11 is 0. The molecule has 1 aliphatic rings. The Labute approximate surface area is 195 Å². The first-order valence-electron chi connectivity index (χ1n) is 10.6. The summed E-state index contributed by atoms with van der Waals surface area (Å²) in [6.07, 6.45) is 3.60. The number of ether oxygens (including phenoxy) is 2. The first-order valence-corrected chi connectivity index (χ1v) is 12.1. The minimum atomic E-state index is -4.01. The number of H-pyrrole nitrogens is 1. The number of rotatable bonds is 6. The molecule has 1 aromatic carbocycles. The molecule has 5 rings (SSSR count). The molecule has 0 bridgehead atoms. The number of aromatic nitrogens is 3. The molecular weight excluding hydrogens is 461 g/mol. The minimum absolute atomic E-state index is 0.0203. The summed E-state index contributed by atoms with van der Waals surface area (Å²) < 4.78 is 52.1. The lowest BCUT2D eigenvalue weighted by molar-refractivity contribution is 0.123. The number of aromatic amines is 1. The van der Waals surface area contributed by atoms with Crippen molar-refractivity contribution in [1.29, 1.82) is 0 Å². The van der Waals surface area contributed by atoms with Gasteiger partial charge in [0.1, 0.15) is 11.5 Å². The Morgan fingerprint density at radius 2 is 1.91 bits per heavy atom. The number of anilines is 2. The van der Waals surface area contributed by atoms with Gasteiger partial charge in [0.05, 0.1) is 36.6 Å². The van der Waals surface area contributed by atoms with Gasteiger partial charge in [-0.05, 0) is 42.5 Å². The van der Waals surface area contributed by atoms with Crippen LogP contribution in [0.4, 0.5) is 15.9 Å². The molecule has 0 atom stereocenters. The molecule has 1 saturated heterocycles. The van der Waals surface area contributed by atoms with Crippen LogP contribution in [0, 0.1) is 5.82 Å². The van der Waals surface area contributed by atoms with E-state index in [1.54, 1.807) is 18.3 Å². The molecule has 4 heterocycles. The van der Waals surface area contributed by atoms with Gasteiger partial charge in [-0.2, -0.15) is 0 Å². The van der Waals surface area contributed by atoms with Gasteiger partial charge in [-0.25, -0.2) is 22.8 Å². The van der Waals surface area contributed by atoms with Crippen LogP contribution in [-0.4, -0.2) is 56.8 Å². The van der Waals surface area contributed by atoms with Gasteiger partial charge < -0.3 is 19.4 Å². The fourth-order valence-corrected chi connectivity index (χ4v) is 4.85. The average molecular weight is 484 g/mol. The van der Waals surface area contributed by atoms with E-state index in [1.807, 2.05) is 12.3 Å². The number of hydrogen-bond acceptors (Lipinski definition) is 7. The van der Waals surface area contributed by atoms with Gasteiger partial charge in [0.15, 0.2) is 11.6 Å². The number of fused-ring (bicyclic) bond motifs is 1. The van der Waals surface area contributed by atoms with Gasteiger partial charge in [-0.15, -0.1) is 0 Å². The minimum Gasteiger partial charge on any atom is -0.493 e. The summed E-state index contributed by atoms with van der Waals surface area (Å²) in [6, 6.07) is 9.87. The smallest absolute Gasteiger partial charge is 0.263 e. The van der Waals surface area contributed by atoms with Crippen LogP contribution < -0.4 is 14.4 Å². The standard InChI is InChI=1S/C23H22FN5O4S/c1-32-21-7-6-19(27-23(21)28-34(30,31)17-4-2-16(24)3-5-17)15-12-18-20(14-26-22(18)25-13-15)29-8-10-33-11-9-29/h2-7,12-14H,8-11H2,1H3,(H,25,26)(H,27,28). The van der Waals surface area contributed by atoms with Crippen LogP contribution in [0.25, 0.3) is 22.3 Å². The normalized spacial score (nSPS) is 14.4. The number of halogens is 1. The molecule has 2 N–H and O–H groups in total. The van der Waals surface area contributed by atoms with Gasteiger partial charge >= 0.3 is 0 Å². The van der Waals surface area contributed by atoms with E-state index in [0.29, 0.717) is 24.5 Å². The fraction of sp³-hybridized carbons (Fsp3) is 0.217. The zero-order chi connectivity index (χ0) is 23.7. The van der Waals surface area contributed by atoms with Gasteiger partial charge in [0.2, 0.25) is 0 Å². The highest BCUT2D eigenvalue weighted by atomic mass is 32.2. The molecule has 1 aliphatic heterocycles. The monoisotopic (exact) mass is 483 g/mol. The second-order valence-electron chi connectivity index (χ2n) is 7.70. The van der Waals surface area contributed by atoms with Gasteiger partial charge in [0.25, 0.3) is 10.0 Å². The van der Waals surface area contributed by atoms with Gasteiger partial charge in [0, 0.05) is 36.4 Å². The lowest BCUT2D eigenvalue weighted by Gasteiger charge is -2.28. The number of pyridine rings is 2. The Morgan fingerprint density at radius 1 is 1.15 bits per heavy atom. The summed E-state index contributed by atoms with van der Waals surface area (Å²) in [6.45, 7) is 2.90. The molecule has 0 aliphatic carbocycles. The fourth-order valence-electron chi connectivity index (χ4n) is 3.84. The molecule has 11 heteroatoms. The van der Waals surface area contributed by atoms with Gasteiger partial charge in [-0.3, -0.25) is 4.72 Å². The maximum atomic E-state index is 13.2. The molecule has 176 valence electrons. The predicted octanol–water partition coefficient (Wildman–Crippen LogP) is 3.41. The van der Waals surface area contributed by atoms with E-state index in [-0.39, 0.29) is 16.5 Å². The quantitative estimate of drug-likeness (QED) is 0.433. The highest BCUT2D eigenvalue weighted by Gasteiger charge is 2.20. The predicted molar refractivity (Wildman–Crippen MR) is 126 cm³/mol. The van der Waals surface area contributed by atoms with Crippen molar-refractivity contribution in [3.05, 3.63) is 60.7 Å². The summed E-state index contributed by atoms with van der Waals surface area (Å²) in [5, 5.41) is 0.936. The van der Waals surface area contributed by atoms with Crippen molar-refractivity contribution in [3.8, 4) is 17.0 Å². The lowest BCUT2D eigenvalue weighted by atomic mass is 10.1. The molecule has 0 amide bonds. The maximum Gasteiger partial charge on any atom is 0.263 e. The summed E-state index contributed by atoms with van der Waals surface area (Å²) in [4.78, 5) is 14.4. The second kappa shape index (κ2) is 8.92. The number of sulfonamides is 1. The summed E-state index contributed by atoms with van der Waals surface area (Å²) in [5.74, 6) is -0.258. The summed E-state index contributed by atoms with van der Waals surface area (Å²) in [5.41, 5.74) is 3.00. The first-order chi connectivity index (χ1) is 16.4. The molecule has 0 spiro atoms. The van der Waals surface area contributed by atoms with Crippen LogP contribution in [0.5, 0.6) is 5.75 Å². The van der Waals surface area contributed by atoms with Crippen LogP contribution >= 0.6 is 0 Å². The third-order valence-corrected chi connectivity index (χ3v) is 6.94. The topological polar surface area (TPSA) is 109 Å². The van der Waals surface area contributed by atoms with Crippen LogP contribution in [0.1, 0.15) is 0 Å². The van der Waals surface area contributed by atoms with E-state index in [4.69, 9.17) is 9.47 Å². The van der Waals surface area contributed by atoms with Crippen molar-refractivity contribution in [2.45, 2.75) is 4.90 Å². The first kappa shape index (κ1) is 22.1. The Balaban J connectivity index is 1.51.